The lowest BCUT2D eigenvalue weighted by Crippen LogP contribution is -1.93. The average Bonchev–Trinajstić information content (AvgIpc) is 2.88. The molecular formula is C14H13FN2O2S. The Morgan fingerprint density at radius 1 is 1.35 bits per heavy atom. The molecular weight excluding hydrogens is 279 g/mol. The summed E-state index contributed by atoms with van der Waals surface area (Å²) in [5.41, 5.74) is 0.427. The minimum Gasteiger partial charge on any atom is -0.327 e. The van der Waals surface area contributed by atoms with Crippen LogP contribution in [0.1, 0.15) is 35.9 Å². The number of allylic oxidation sites excluding steroid dienone is 1. The second-order valence-corrected chi connectivity index (χ2v) is 5.22. The summed E-state index contributed by atoms with van der Waals surface area (Å²) in [5, 5.41) is 5.77. The molecule has 0 saturated carbocycles. The highest BCUT2D eigenvalue weighted by Crippen LogP contribution is 2.19. The third kappa shape index (κ3) is 3.77. The lowest BCUT2D eigenvalue weighted by atomic mass is 10.1. The van der Waals surface area contributed by atoms with Crippen LogP contribution in [-0.2, 0) is 0 Å². The summed E-state index contributed by atoms with van der Waals surface area (Å²) in [4.78, 5) is 15.9. The Hall–Kier alpha value is -1.95. The zero-order valence-corrected chi connectivity index (χ0v) is 11.9. The number of hydrogen-bond acceptors (Lipinski definition) is 5. The first kappa shape index (κ1) is 14.5. The molecule has 0 atom stereocenters. The number of nitrogens with zero attached hydrogens (tertiary/aromatic N) is 2. The maximum Gasteiger partial charge on any atom is 0.289 e. The topological polar surface area (TPSA) is 56.0 Å². The van der Waals surface area contributed by atoms with Gasteiger partial charge in [0.1, 0.15) is 5.82 Å². The third-order valence-corrected chi connectivity index (χ3v) is 3.10. The van der Waals surface area contributed by atoms with Gasteiger partial charge >= 0.3 is 0 Å². The zero-order chi connectivity index (χ0) is 14.5. The van der Waals surface area contributed by atoms with Crippen molar-refractivity contribution in [2.45, 2.75) is 25.0 Å². The Labute approximate surface area is 120 Å². The Bertz CT molecular complexity index is 620. The molecule has 1 heterocycles. The quantitative estimate of drug-likeness (QED) is 0.476. The van der Waals surface area contributed by atoms with Crippen molar-refractivity contribution in [3.05, 3.63) is 53.0 Å². The van der Waals surface area contributed by atoms with Crippen LogP contribution in [0.15, 0.2) is 45.5 Å². The van der Waals surface area contributed by atoms with Gasteiger partial charge in [-0.15, -0.1) is 0 Å². The fourth-order valence-corrected chi connectivity index (χ4v) is 1.90. The van der Waals surface area contributed by atoms with Crippen LogP contribution in [0.3, 0.4) is 0 Å². The molecule has 20 heavy (non-hydrogen) atoms. The van der Waals surface area contributed by atoms with Crippen molar-refractivity contribution in [1.82, 2.24) is 10.1 Å². The van der Waals surface area contributed by atoms with Gasteiger partial charge in [-0.2, -0.15) is 4.98 Å². The Morgan fingerprint density at radius 3 is 2.65 bits per heavy atom. The second kappa shape index (κ2) is 6.47. The lowest BCUT2D eigenvalue weighted by Gasteiger charge is -1.94. The molecule has 0 N–H and O–H groups in total. The number of rotatable bonds is 5. The molecule has 0 saturated heterocycles. The fourth-order valence-electron chi connectivity index (χ4n) is 1.37. The van der Waals surface area contributed by atoms with Gasteiger partial charge in [0.05, 0.1) is 0 Å². The Balaban J connectivity index is 1.95. The summed E-state index contributed by atoms with van der Waals surface area (Å²) in [7, 11) is 0. The second-order valence-electron chi connectivity index (χ2n) is 4.36. The molecule has 0 unspecified atom stereocenters. The first-order chi connectivity index (χ1) is 9.56. The molecule has 1 aromatic heterocycles. The number of carbonyl (C=O) groups excluding carboxylic acids is 1. The van der Waals surface area contributed by atoms with Crippen LogP contribution in [0.4, 0.5) is 4.39 Å². The van der Waals surface area contributed by atoms with Gasteiger partial charge in [0.2, 0.25) is 0 Å². The van der Waals surface area contributed by atoms with Gasteiger partial charge in [-0.3, -0.25) is 4.79 Å². The molecule has 0 fully saturated rings. The van der Waals surface area contributed by atoms with Crippen LogP contribution in [0.2, 0.25) is 0 Å². The van der Waals surface area contributed by atoms with Crippen molar-refractivity contribution in [1.29, 1.82) is 0 Å². The monoisotopic (exact) mass is 292 g/mol. The van der Waals surface area contributed by atoms with Crippen LogP contribution in [0.5, 0.6) is 0 Å². The molecule has 0 amide bonds. The van der Waals surface area contributed by atoms with Crippen LogP contribution in [0, 0.1) is 5.82 Å². The van der Waals surface area contributed by atoms with Crippen molar-refractivity contribution >= 4 is 17.5 Å². The third-order valence-electron chi connectivity index (χ3n) is 2.46. The van der Waals surface area contributed by atoms with E-state index in [1.54, 1.807) is 5.41 Å². The van der Waals surface area contributed by atoms with Crippen LogP contribution < -0.4 is 0 Å². The summed E-state index contributed by atoms with van der Waals surface area (Å²) in [6.07, 6.45) is 1.39. The molecule has 0 aliphatic rings. The largest absolute Gasteiger partial charge is 0.327 e. The number of hydrogen-bond donors (Lipinski definition) is 0. The predicted octanol–water partition coefficient (Wildman–Crippen LogP) is 3.82. The highest BCUT2D eigenvalue weighted by atomic mass is 32.2. The number of aromatic nitrogens is 2. The summed E-state index contributed by atoms with van der Waals surface area (Å²) in [5.74, 6) is 0.247. The first-order valence-corrected chi connectivity index (χ1v) is 6.91. The lowest BCUT2D eigenvalue weighted by molar-refractivity contribution is 0.104. The normalized spacial score (nSPS) is 11.4. The van der Waals surface area contributed by atoms with Gasteiger partial charge < -0.3 is 4.52 Å². The summed E-state index contributed by atoms with van der Waals surface area (Å²) in [6.45, 7) is 3.93. The van der Waals surface area contributed by atoms with E-state index in [9.17, 15) is 9.18 Å². The van der Waals surface area contributed by atoms with Crippen LogP contribution in [-0.4, -0.2) is 15.9 Å². The average molecular weight is 292 g/mol. The molecule has 0 aliphatic heterocycles. The maximum atomic E-state index is 12.7. The predicted molar refractivity (Wildman–Crippen MR) is 74.1 cm³/mol. The van der Waals surface area contributed by atoms with E-state index in [0.717, 1.165) is 0 Å². The van der Waals surface area contributed by atoms with E-state index >= 15 is 0 Å². The van der Waals surface area contributed by atoms with E-state index in [2.05, 4.69) is 10.1 Å². The summed E-state index contributed by atoms with van der Waals surface area (Å²) in [6, 6.07) is 5.38. The number of thioether (sulfide) groups is 1. The number of halogens is 1. The van der Waals surface area contributed by atoms with E-state index in [0.29, 0.717) is 16.6 Å². The zero-order valence-electron chi connectivity index (χ0n) is 11.0. The smallest absolute Gasteiger partial charge is 0.289 e. The SMILES string of the molecule is CC(C)c1noc(S/C=C/C(=O)c2ccc(F)cc2)n1. The van der Waals surface area contributed by atoms with E-state index in [1.807, 2.05) is 13.8 Å². The van der Waals surface area contributed by atoms with Crippen molar-refractivity contribution in [2.75, 3.05) is 0 Å². The molecule has 6 heteroatoms. The molecule has 2 rings (SSSR count). The highest BCUT2D eigenvalue weighted by molar-refractivity contribution is 8.01. The molecule has 0 radical (unpaired) electrons. The van der Waals surface area contributed by atoms with Crippen molar-refractivity contribution in [3.63, 3.8) is 0 Å². The van der Waals surface area contributed by atoms with Crippen molar-refractivity contribution in [2.24, 2.45) is 0 Å². The van der Waals surface area contributed by atoms with Gasteiger partial charge in [0, 0.05) is 11.5 Å². The standard InChI is InChI=1S/C14H13FN2O2S/c1-9(2)13-16-14(19-17-13)20-8-7-12(18)10-3-5-11(15)6-4-10/h3-9H,1-2H3/b8-7+. The minimum absolute atomic E-state index is 0.193. The molecule has 104 valence electrons. The maximum absolute atomic E-state index is 12.7. The van der Waals surface area contributed by atoms with Gasteiger partial charge in [-0.25, -0.2) is 4.39 Å². The van der Waals surface area contributed by atoms with E-state index in [1.165, 1.54) is 42.1 Å². The summed E-state index contributed by atoms with van der Waals surface area (Å²) >= 11 is 1.17. The molecule has 0 aliphatic carbocycles. The fraction of sp³-hybridized carbons (Fsp3) is 0.214. The van der Waals surface area contributed by atoms with Crippen molar-refractivity contribution < 1.29 is 13.7 Å². The molecule has 1 aromatic carbocycles. The van der Waals surface area contributed by atoms with E-state index in [4.69, 9.17) is 4.52 Å². The van der Waals surface area contributed by atoms with E-state index < -0.39 is 0 Å². The highest BCUT2D eigenvalue weighted by Gasteiger charge is 2.09. The van der Waals surface area contributed by atoms with Gasteiger partial charge in [0.25, 0.3) is 5.22 Å². The summed E-state index contributed by atoms with van der Waals surface area (Å²) < 4.78 is 17.7. The van der Waals surface area contributed by atoms with Crippen molar-refractivity contribution in [3.8, 4) is 0 Å². The van der Waals surface area contributed by atoms with Gasteiger partial charge in [-0.1, -0.05) is 19.0 Å². The number of carbonyl (C=O) groups is 1. The van der Waals surface area contributed by atoms with Crippen LogP contribution in [0.25, 0.3) is 0 Å². The van der Waals surface area contributed by atoms with Crippen LogP contribution >= 0.6 is 11.8 Å². The molecule has 2 aromatic rings. The minimum atomic E-state index is -0.369. The Kier molecular flexibility index (Phi) is 4.68. The molecule has 0 spiro atoms. The number of benzene rings is 1. The molecule has 4 nitrogen and oxygen atoms in total. The van der Waals surface area contributed by atoms with Gasteiger partial charge in [-0.05, 0) is 47.5 Å². The first-order valence-electron chi connectivity index (χ1n) is 6.03. The number of ketones is 1. The Morgan fingerprint density at radius 2 is 2.05 bits per heavy atom. The van der Waals surface area contributed by atoms with E-state index in [-0.39, 0.29) is 17.5 Å². The molecule has 0 bridgehead atoms. The van der Waals surface area contributed by atoms with Gasteiger partial charge in [0.15, 0.2) is 11.6 Å².